The second-order valence-corrected chi connectivity index (χ2v) is 10.8. The highest BCUT2D eigenvalue weighted by Gasteiger charge is 2.27. The van der Waals surface area contributed by atoms with Gasteiger partial charge in [0.25, 0.3) is 0 Å². The molecule has 0 aliphatic heterocycles. The fraction of sp³-hybridized carbons (Fsp3) is 0.800. The van der Waals surface area contributed by atoms with Crippen molar-refractivity contribution < 1.29 is 8.94 Å². The van der Waals surface area contributed by atoms with Gasteiger partial charge in [-0.05, 0) is 0 Å². The average molecular weight is 365 g/mol. The molecule has 0 aliphatic carbocycles. The van der Waals surface area contributed by atoms with Crippen LogP contribution in [0.15, 0.2) is 8.94 Å². The molecule has 0 saturated heterocycles. The Balaban J connectivity index is 0.000000260. The highest BCUT2D eigenvalue weighted by molar-refractivity contribution is 5.04. The molecule has 2 aromatic rings. The fourth-order valence-corrected chi connectivity index (χ4v) is 1.66. The Morgan fingerprint density at radius 3 is 1.12 bits per heavy atom. The molecule has 6 heteroatoms. The van der Waals surface area contributed by atoms with Crippen molar-refractivity contribution in [3.05, 3.63) is 23.5 Å². The zero-order chi connectivity index (χ0) is 20.6. The molecule has 2 heterocycles. The third-order valence-electron chi connectivity index (χ3n) is 3.45. The summed E-state index contributed by atoms with van der Waals surface area (Å²) < 4.78 is 10.8. The van der Waals surface area contributed by atoms with Gasteiger partial charge < -0.3 is 8.94 Å². The monoisotopic (exact) mass is 364 g/mol. The van der Waals surface area contributed by atoms with Crippen LogP contribution in [0.2, 0.25) is 0 Å². The van der Waals surface area contributed by atoms with Gasteiger partial charge in [-0.25, -0.2) is 0 Å². The molecule has 6 nitrogen and oxygen atoms in total. The number of hydrogen-bond donors (Lipinski definition) is 0. The van der Waals surface area contributed by atoms with E-state index in [9.17, 15) is 0 Å². The van der Waals surface area contributed by atoms with E-state index >= 15 is 0 Å². The summed E-state index contributed by atoms with van der Waals surface area (Å²) in [7, 11) is 0. The normalized spacial score (nSPS) is 13.4. The highest BCUT2D eigenvalue weighted by Crippen LogP contribution is 2.26. The van der Waals surface area contributed by atoms with Gasteiger partial charge in [-0.3, -0.25) is 0 Å². The lowest BCUT2D eigenvalue weighted by Gasteiger charge is -2.14. The molecule has 0 saturated carbocycles. The first-order chi connectivity index (χ1) is 11.4. The Morgan fingerprint density at radius 2 is 0.923 bits per heavy atom. The van der Waals surface area contributed by atoms with Gasteiger partial charge in [0.05, 0.1) is 0 Å². The first-order valence-electron chi connectivity index (χ1n) is 9.11. The van der Waals surface area contributed by atoms with E-state index in [1.165, 1.54) is 0 Å². The van der Waals surface area contributed by atoms with Crippen molar-refractivity contribution in [1.29, 1.82) is 0 Å². The zero-order valence-corrected chi connectivity index (χ0v) is 18.6. The van der Waals surface area contributed by atoms with Gasteiger partial charge >= 0.3 is 0 Å². The summed E-state index contributed by atoms with van der Waals surface area (Å²) in [5.41, 5.74) is -0.212. The van der Waals surface area contributed by atoms with Gasteiger partial charge in [-0.15, -0.1) is 10.2 Å². The van der Waals surface area contributed by atoms with Crippen LogP contribution < -0.4 is 0 Å². The molecule has 0 unspecified atom stereocenters. The molecule has 0 radical (unpaired) electrons. The minimum Gasteiger partial charge on any atom is -0.424 e. The van der Waals surface area contributed by atoms with Crippen LogP contribution in [0, 0.1) is 0 Å². The van der Waals surface area contributed by atoms with Crippen molar-refractivity contribution >= 4 is 0 Å². The van der Waals surface area contributed by atoms with Crippen molar-refractivity contribution in [2.75, 3.05) is 0 Å². The van der Waals surface area contributed by atoms with E-state index in [0.29, 0.717) is 17.7 Å². The summed E-state index contributed by atoms with van der Waals surface area (Å²) in [6, 6.07) is 0. The molecule has 0 atom stereocenters. The third kappa shape index (κ3) is 6.22. The van der Waals surface area contributed by atoms with Crippen molar-refractivity contribution in [2.45, 2.75) is 105 Å². The summed E-state index contributed by atoms with van der Waals surface area (Å²) in [6.45, 7) is 24.8. The van der Waals surface area contributed by atoms with Gasteiger partial charge in [0.1, 0.15) is 0 Å². The molecule has 26 heavy (non-hydrogen) atoms. The molecule has 148 valence electrons. The maximum absolute atomic E-state index is 5.59. The summed E-state index contributed by atoms with van der Waals surface area (Å²) in [5.74, 6) is 2.89. The Kier molecular flexibility index (Phi) is 6.11. The second kappa shape index (κ2) is 7.12. The maximum Gasteiger partial charge on any atom is 0.232 e. The summed E-state index contributed by atoms with van der Waals surface area (Å²) in [6.07, 6.45) is 0. The maximum atomic E-state index is 5.59. The molecule has 2 rings (SSSR count). The number of nitrogens with zero attached hydrogens (tertiary/aromatic N) is 4. The molecular formula is C20H36N4O2. The SMILES string of the molecule is CC(C)(C)c1nnc(C(C)(C)C)o1.CC(C)(C)c1noc(C(C)(C)C)n1. The van der Waals surface area contributed by atoms with E-state index in [1.54, 1.807) is 0 Å². The smallest absolute Gasteiger partial charge is 0.232 e. The largest absolute Gasteiger partial charge is 0.424 e. The van der Waals surface area contributed by atoms with Gasteiger partial charge in [0.15, 0.2) is 5.82 Å². The van der Waals surface area contributed by atoms with Crippen molar-refractivity contribution in [1.82, 2.24) is 20.3 Å². The van der Waals surface area contributed by atoms with E-state index in [0.717, 1.165) is 5.82 Å². The first-order valence-corrected chi connectivity index (χ1v) is 9.11. The quantitative estimate of drug-likeness (QED) is 0.629. The number of hydrogen-bond acceptors (Lipinski definition) is 6. The van der Waals surface area contributed by atoms with E-state index in [-0.39, 0.29) is 21.7 Å². The predicted molar refractivity (Wildman–Crippen MR) is 103 cm³/mol. The van der Waals surface area contributed by atoms with E-state index in [1.807, 2.05) is 0 Å². The zero-order valence-electron chi connectivity index (χ0n) is 18.6. The molecule has 2 aromatic heterocycles. The van der Waals surface area contributed by atoms with E-state index in [2.05, 4.69) is 103 Å². The molecule has 0 N–H and O–H groups in total. The van der Waals surface area contributed by atoms with Crippen LogP contribution >= 0.6 is 0 Å². The minimum absolute atomic E-state index is 0.0347. The van der Waals surface area contributed by atoms with Gasteiger partial charge in [-0.1, -0.05) is 88.2 Å². The lowest BCUT2D eigenvalue weighted by atomic mass is 9.94. The summed E-state index contributed by atoms with van der Waals surface area (Å²) in [4.78, 5) is 4.38. The van der Waals surface area contributed by atoms with Crippen LogP contribution in [0.25, 0.3) is 0 Å². The van der Waals surface area contributed by atoms with Crippen LogP contribution in [0.3, 0.4) is 0 Å². The Labute approximate surface area is 158 Å². The summed E-state index contributed by atoms with van der Waals surface area (Å²) >= 11 is 0. The van der Waals surface area contributed by atoms with Crippen molar-refractivity contribution in [3.63, 3.8) is 0 Å². The van der Waals surface area contributed by atoms with Gasteiger partial charge in [0.2, 0.25) is 17.7 Å². The molecule has 0 amide bonds. The summed E-state index contributed by atoms with van der Waals surface area (Å²) in [5, 5.41) is 12.0. The standard InChI is InChI=1S/2C10H18N2O/c1-9(2,3)7-11-12-8(13-7)10(4,5)6;1-9(2,3)7-11-8(13-12-7)10(4,5)6/h2*1-6H3. The molecule has 0 bridgehead atoms. The third-order valence-corrected chi connectivity index (χ3v) is 3.45. The van der Waals surface area contributed by atoms with Gasteiger partial charge in [-0.2, -0.15) is 4.98 Å². The molecule has 0 aliphatic rings. The van der Waals surface area contributed by atoms with Crippen LogP contribution in [-0.2, 0) is 21.7 Å². The van der Waals surface area contributed by atoms with Crippen LogP contribution in [0.5, 0.6) is 0 Å². The number of rotatable bonds is 0. The van der Waals surface area contributed by atoms with Crippen molar-refractivity contribution in [3.8, 4) is 0 Å². The Bertz CT molecular complexity index is 582. The number of aromatic nitrogens is 4. The van der Waals surface area contributed by atoms with E-state index < -0.39 is 0 Å². The van der Waals surface area contributed by atoms with Crippen LogP contribution in [-0.4, -0.2) is 20.3 Å². The Morgan fingerprint density at radius 1 is 0.538 bits per heavy atom. The van der Waals surface area contributed by atoms with Gasteiger partial charge in [0, 0.05) is 21.7 Å². The molecule has 0 fully saturated rings. The molecular weight excluding hydrogens is 328 g/mol. The first kappa shape index (κ1) is 22.3. The predicted octanol–water partition coefficient (Wildman–Crippen LogP) is 5.33. The second-order valence-electron chi connectivity index (χ2n) is 10.8. The van der Waals surface area contributed by atoms with Crippen LogP contribution in [0.4, 0.5) is 0 Å². The Hall–Kier alpha value is -1.72. The lowest BCUT2D eigenvalue weighted by Crippen LogP contribution is -2.15. The van der Waals surface area contributed by atoms with E-state index in [4.69, 9.17) is 8.94 Å². The minimum atomic E-state index is -0.0590. The van der Waals surface area contributed by atoms with Crippen LogP contribution in [0.1, 0.15) is 107 Å². The fourth-order valence-electron chi connectivity index (χ4n) is 1.66. The van der Waals surface area contributed by atoms with Crippen molar-refractivity contribution in [2.24, 2.45) is 0 Å². The average Bonchev–Trinajstić information content (AvgIpc) is 3.06. The lowest BCUT2D eigenvalue weighted by molar-refractivity contribution is 0.314. The molecule has 0 spiro atoms. The highest BCUT2D eigenvalue weighted by atomic mass is 16.5. The topological polar surface area (TPSA) is 77.8 Å². The molecule has 0 aromatic carbocycles.